The molecule has 1 aliphatic rings. The van der Waals surface area contributed by atoms with Crippen LogP contribution in [0.2, 0.25) is 0 Å². The summed E-state index contributed by atoms with van der Waals surface area (Å²) in [6, 6.07) is 7.61. The monoisotopic (exact) mass is 342 g/mol. The van der Waals surface area contributed by atoms with Crippen molar-refractivity contribution >= 4 is 5.82 Å². The molecule has 25 heavy (non-hydrogen) atoms. The minimum absolute atomic E-state index is 0.155. The second kappa shape index (κ2) is 8.05. The van der Waals surface area contributed by atoms with Crippen LogP contribution < -0.4 is 4.90 Å². The van der Waals surface area contributed by atoms with E-state index < -0.39 is 0 Å². The summed E-state index contributed by atoms with van der Waals surface area (Å²) in [7, 11) is 0. The molecule has 0 spiro atoms. The predicted octanol–water partition coefficient (Wildman–Crippen LogP) is 1.76. The lowest BCUT2D eigenvalue weighted by molar-refractivity contribution is 0.0683. The van der Waals surface area contributed by atoms with E-state index in [0.29, 0.717) is 30.6 Å². The van der Waals surface area contributed by atoms with Crippen LogP contribution >= 0.6 is 0 Å². The third-order valence-corrected chi connectivity index (χ3v) is 4.17. The summed E-state index contributed by atoms with van der Waals surface area (Å²) in [6.45, 7) is 8.54. The van der Waals surface area contributed by atoms with Gasteiger partial charge >= 0.3 is 0 Å². The molecule has 2 aromatic rings. The van der Waals surface area contributed by atoms with Gasteiger partial charge in [0, 0.05) is 32.8 Å². The van der Waals surface area contributed by atoms with Gasteiger partial charge in [0.1, 0.15) is 23.7 Å². The molecule has 3 heterocycles. The predicted molar refractivity (Wildman–Crippen MR) is 90.8 cm³/mol. The second-order valence-corrected chi connectivity index (χ2v) is 5.90. The standard InChI is InChI=1S/C17H22N6O2/c1-3-24-13(2)17-20-16(25-21-17)12-22-7-9-23(10-8-22)15-6-4-5-14(11-18)19-15/h4-6,13H,3,7-10,12H2,1-2H3. The molecule has 132 valence electrons. The highest BCUT2D eigenvalue weighted by Gasteiger charge is 2.21. The van der Waals surface area contributed by atoms with E-state index in [1.165, 1.54) is 0 Å². The Morgan fingerprint density at radius 3 is 2.80 bits per heavy atom. The van der Waals surface area contributed by atoms with Crippen molar-refractivity contribution in [3.63, 3.8) is 0 Å². The summed E-state index contributed by atoms with van der Waals surface area (Å²) in [5, 5.41) is 13.0. The SMILES string of the molecule is CCOC(C)c1noc(CN2CCN(c3cccc(C#N)n3)CC2)n1. The lowest BCUT2D eigenvalue weighted by Crippen LogP contribution is -2.46. The van der Waals surface area contributed by atoms with Crippen molar-refractivity contribution in [1.29, 1.82) is 5.26 Å². The van der Waals surface area contributed by atoms with Crippen LogP contribution in [0.3, 0.4) is 0 Å². The number of anilines is 1. The molecule has 3 rings (SSSR count). The number of ether oxygens (including phenoxy) is 1. The minimum Gasteiger partial charge on any atom is -0.371 e. The molecule has 1 saturated heterocycles. The van der Waals surface area contributed by atoms with E-state index in [1.807, 2.05) is 26.0 Å². The topological polar surface area (TPSA) is 91.3 Å². The van der Waals surface area contributed by atoms with Gasteiger partial charge in [0.15, 0.2) is 5.82 Å². The molecular weight excluding hydrogens is 320 g/mol. The maximum atomic E-state index is 8.97. The Kier molecular flexibility index (Phi) is 5.58. The number of hydrogen-bond donors (Lipinski definition) is 0. The van der Waals surface area contributed by atoms with Gasteiger partial charge in [-0.3, -0.25) is 4.90 Å². The first-order chi connectivity index (χ1) is 12.2. The van der Waals surface area contributed by atoms with Gasteiger partial charge in [-0.05, 0) is 26.0 Å². The average molecular weight is 342 g/mol. The molecule has 8 nitrogen and oxygen atoms in total. The van der Waals surface area contributed by atoms with Crippen LogP contribution in [-0.2, 0) is 11.3 Å². The summed E-state index contributed by atoms with van der Waals surface area (Å²) >= 11 is 0. The minimum atomic E-state index is -0.155. The molecule has 8 heteroatoms. The Morgan fingerprint density at radius 2 is 2.08 bits per heavy atom. The van der Waals surface area contributed by atoms with E-state index in [0.717, 1.165) is 32.0 Å². The third-order valence-electron chi connectivity index (χ3n) is 4.17. The summed E-state index contributed by atoms with van der Waals surface area (Å²) in [4.78, 5) is 13.2. The van der Waals surface area contributed by atoms with Crippen LogP contribution in [0.15, 0.2) is 22.7 Å². The normalized spacial score (nSPS) is 16.6. The first-order valence-electron chi connectivity index (χ1n) is 8.48. The van der Waals surface area contributed by atoms with Crippen molar-refractivity contribution in [1.82, 2.24) is 20.0 Å². The maximum Gasteiger partial charge on any atom is 0.240 e. The van der Waals surface area contributed by atoms with Gasteiger partial charge in [0.25, 0.3) is 0 Å². The lowest BCUT2D eigenvalue weighted by atomic mass is 10.3. The molecule has 1 fully saturated rings. The van der Waals surface area contributed by atoms with Crippen LogP contribution in [-0.4, -0.2) is 52.8 Å². The maximum absolute atomic E-state index is 8.97. The first-order valence-corrected chi connectivity index (χ1v) is 8.48. The van der Waals surface area contributed by atoms with E-state index in [2.05, 4.69) is 31.0 Å². The largest absolute Gasteiger partial charge is 0.371 e. The van der Waals surface area contributed by atoms with Crippen molar-refractivity contribution < 1.29 is 9.26 Å². The van der Waals surface area contributed by atoms with Crippen molar-refractivity contribution in [3.05, 3.63) is 35.6 Å². The fraction of sp³-hybridized carbons (Fsp3) is 0.529. The summed E-state index contributed by atoms with van der Waals surface area (Å²) in [5.74, 6) is 2.05. The number of nitriles is 1. The Hall–Kier alpha value is -2.50. The van der Waals surface area contributed by atoms with E-state index in [4.69, 9.17) is 14.5 Å². The molecule has 1 atom stereocenters. The molecular formula is C17H22N6O2. The molecule has 0 aliphatic carbocycles. The molecule has 0 amide bonds. The number of rotatable bonds is 6. The van der Waals surface area contributed by atoms with Crippen molar-refractivity contribution in [2.24, 2.45) is 0 Å². The number of aromatic nitrogens is 3. The van der Waals surface area contributed by atoms with Crippen LogP contribution in [0.25, 0.3) is 0 Å². The number of hydrogen-bond acceptors (Lipinski definition) is 8. The van der Waals surface area contributed by atoms with Gasteiger partial charge in [0.05, 0.1) is 6.54 Å². The van der Waals surface area contributed by atoms with Crippen molar-refractivity contribution in [2.75, 3.05) is 37.7 Å². The quantitative estimate of drug-likeness (QED) is 0.784. The van der Waals surface area contributed by atoms with E-state index in [-0.39, 0.29) is 6.10 Å². The van der Waals surface area contributed by atoms with E-state index in [1.54, 1.807) is 6.07 Å². The zero-order valence-electron chi connectivity index (χ0n) is 14.6. The van der Waals surface area contributed by atoms with Gasteiger partial charge in [-0.1, -0.05) is 11.2 Å². The van der Waals surface area contributed by atoms with Crippen molar-refractivity contribution in [2.45, 2.75) is 26.5 Å². The summed E-state index contributed by atoms with van der Waals surface area (Å²) in [6.07, 6.45) is -0.155. The van der Waals surface area contributed by atoms with E-state index >= 15 is 0 Å². The molecule has 2 aromatic heterocycles. The van der Waals surface area contributed by atoms with Gasteiger partial charge in [-0.2, -0.15) is 10.2 Å². The summed E-state index contributed by atoms with van der Waals surface area (Å²) < 4.78 is 10.8. The van der Waals surface area contributed by atoms with Crippen LogP contribution in [0.4, 0.5) is 5.82 Å². The van der Waals surface area contributed by atoms with Crippen LogP contribution in [0, 0.1) is 11.3 Å². The molecule has 1 unspecified atom stereocenters. The Labute approximate surface area is 147 Å². The van der Waals surface area contributed by atoms with Gasteiger partial charge in [0.2, 0.25) is 5.89 Å². The molecule has 1 aliphatic heterocycles. The van der Waals surface area contributed by atoms with Gasteiger partial charge in [-0.25, -0.2) is 4.98 Å². The third kappa shape index (κ3) is 4.32. The first kappa shape index (κ1) is 17.3. The number of nitrogens with zero attached hydrogens (tertiary/aromatic N) is 6. The zero-order valence-corrected chi connectivity index (χ0v) is 14.6. The highest BCUT2D eigenvalue weighted by Crippen LogP contribution is 2.17. The smallest absolute Gasteiger partial charge is 0.240 e. The lowest BCUT2D eigenvalue weighted by Gasteiger charge is -2.34. The molecule has 0 N–H and O–H groups in total. The van der Waals surface area contributed by atoms with Crippen LogP contribution in [0.1, 0.15) is 37.4 Å². The fourth-order valence-electron chi connectivity index (χ4n) is 2.81. The molecule has 0 saturated carbocycles. The average Bonchev–Trinajstić information content (AvgIpc) is 3.11. The highest BCUT2D eigenvalue weighted by molar-refractivity contribution is 5.42. The second-order valence-electron chi connectivity index (χ2n) is 5.90. The molecule has 0 radical (unpaired) electrons. The highest BCUT2D eigenvalue weighted by atomic mass is 16.5. The van der Waals surface area contributed by atoms with E-state index in [9.17, 15) is 0 Å². The Morgan fingerprint density at radius 1 is 1.28 bits per heavy atom. The Bertz CT molecular complexity index is 733. The van der Waals surface area contributed by atoms with Gasteiger partial charge < -0.3 is 14.2 Å². The Balaban J connectivity index is 1.53. The summed E-state index contributed by atoms with van der Waals surface area (Å²) in [5.41, 5.74) is 0.446. The molecule has 0 bridgehead atoms. The zero-order chi connectivity index (χ0) is 17.6. The molecule has 0 aromatic carbocycles. The number of pyridine rings is 1. The fourth-order valence-corrected chi connectivity index (χ4v) is 2.81. The van der Waals surface area contributed by atoms with Crippen molar-refractivity contribution in [3.8, 4) is 6.07 Å². The number of piperazine rings is 1. The van der Waals surface area contributed by atoms with Crippen LogP contribution in [0.5, 0.6) is 0 Å². The van der Waals surface area contributed by atoms with Gasteiger partial charge in [-0.15, -0.1) is 0 Å².